The molecule has 1 aromatic carbocycles. The fourth-order valence-electron chi connectivity index (χ4n) is 1.95. The molecule has 21 heavy (non-hydrogen) atoms. The van der Waals surface area contributed by atoms with E-state index in [1.807, 2.05) is 0 Å². The van der Waals surface area contributed by atoms with Crippen LogP contribution in [0.1, 0.15) is 23.2 Å². The van der Waals surface area contributed by atoms with E-state index in [4.69, 9.17) is 5.73 Å². The molecule has 0 bridgehead atoms. The molecular formula is C13H16N4O4. The van der Waals surface area contributed by atoms with Gasteiger partial charge in [-0.1, -0.05) is 0 Å². The van der Waals surface area contributed by atoms with Crippen molar-refractivity contribution in [2.24, 2.45) is 5.73 Å². The number of amides is 2. The number of rotatable bonds is 6. The van der Waals surface area contributed by atoms with Crippen LogP contribution in [0.4, 0.5) is 11.4 Å². The summed E-state index contributed by atoms with van der Waals surface area (Å²) in [4.78, 5) is 34.8. The molecule has 0 radical (unpaired) electrons. The van der Waals surface area contributed by atoms with Crippen LogP contribution >= 0.6 is 0 Å². The molecule has 2 amide bonds. The highest BCUT2D eigenvalue weighted by atomic mass is 16.6. The van der Waals surface area contributed by atoms with E-state index in [-0.39, 0.29) is 35.4 Å². The molecule has 0 spiro atoms. The maximum atomic E-state index is 11.9. The number of carbonyl (C=O) groups is 2. The van der Waals surface area contributed by atoms with Gasteiger partial charge >= 0.3 is 0 Å². The van der Waals surface area contributed by atoms with Crippen molar-refractivity contribution in [2.45, 2.75) is 18.9 Å². The number of nitrogens with two attached hydrogens (primary N) is 1. The third-order valence-electron chi connectivity index (χ3n) is 3.15. The Balaban J connectivity index is 2.27. The van der Waals surface area contributed by atoms with Gasteiger partial charge in [-0.15, -0.1) is 0 Å². The van der Waals surface area contributed by atoms with Gasteiger partial charge < -0.3 is 16.0 Å². The summed E-state index contributed by atoms with van der Waals surface area (Å²) in [6.45, 7) is -0.144. The number of primary amides is 1. The lowest BCUT2D eigenvalue weighted by molar-refractivity contribution is -0.384. The molecular weight excluding hydrogens is 276 g/mol. The van der Waals surface area contributed by atoms with Crippen LogP contribution < -0.4 is 16.0 Å². The molecule has 3 N–H and O–H groups in total. The molecule has 1 aliphatic rings. The maximum absolute atomic E-state index is 11.9. The highest BCUT2D eigenvalue weighted by Crippen LogP contribution is 2.29. The second kappa shape index (κ2) is 5.78. The minimum absolute atomic E-state index is 0.144. The summed E-state index contributed by atoms with van der Waals surface area (Å²) in [5, 5.41) is 13.9. The lowest BCUT2D eigenvalue weighted by atomic mass is 10.1. The predicted octanol–water partition coefficient (Wildman–Crippen LogP) is 0.408. The van der Waals surface area contributed by atoms with Crippen LogP contribution in [0.25, 0.3) is 0 Å². The van der Waals surface area contributed by atoms with Gasteiger partial charge in [0.05, 0.1) is 11.5 Å². The number of hydrogen-bond donors (Lipinski definition) is 2. The third kappa shape index (κ3) is 3.68. The first-order chi connectivity index (χ1) is 9.88. The van der Waals surface area contributed by atoms with E-state index in [1.165, 1.54) is 30.1 Å². The van der Waals surface area contributed by atoms with Crippen molar-refractivity contribution in [1.82, 2.24) is 5.32 Å². The molecule has 1 saturated carbocycles. The van der Waals surface area contributed by atoms with Crippen molar-refractivity contribution in [3.63, 3.8) is 0 Å². The van der Waals surface area contributed by atoms with E-state index in [2.05, 4.69) is 5.32 Å². The van der Waals surface area contributed by atoms with Gasteiger partial charge in [-0.3, -0.25) is 19.7 Å². The Morgan fingerprint density at radius 3 is 2.67 bits per heavy atom. The highest BCUT2D eigenvalue weighted by molar-refractivity contribution is 5.96. The summed E-state index contributed by atoms with van der Waals surface area (Å²) in [5.74, 6) is -0.924. The smallest absolute Gasteiger partial charge is 0.293 e. The van der Waals surface area contributed by atoms with E-state index in [9.17, 15) is 19.7 Å². The molecule has 0 heterocycles. The number of nitro groups is 1. The minimum atomic E-state index is -0.595. The summed E-state index contributed by atoms with van der Waals surface area (Å²) < 4.78 is 0. The van der Waals surface area contributed by atoms with Gasteiger partial charge in [-0.25, -0.2) is 0 Å². The second-order valence-electron chi connectivity index (χ2n) is 5.03. The zero-order valence-corrected chi connectivity index (χ0v) is 11.5. The normalized spacial score (nSPS) is 13.6. The summed E-state index contributed by atoms with van der Waals surface area (Å²) in [6.07, 6.45) is 1.88. The first-order valence-corrected chi connectivity index (χ1v) is 6.47. The van der Waals surface area contributed by atoms with E-state index in [0.717, 1.165) is 12.8 Å². The molecule has 8 heteroatoms. The van der Waals surface area contributed by atoms with Gasteiger partial charge in [0.15, 0.2) is 0 Å². The van der Waals surface area contributed by atoms with Gasteiger partial charge in [0, 0.05) is 24.7 Å². The van der Waals surface area contributed by atoms with Crippen LogP contribution in [-0.2, 0) is 4.79 Å². The lowest BCUT2D eigenvalue weighted by Gasteiger charge is -2.17. The van der Waals surface area contributed by atoms with Gasteiger partial charge in [-0.2, -0.15) is 0 Å². The predicted molar refractivity (Wildman–Crippen MR) is 76.0 cm³/mol. The van der Waals surface area contributed by atoms with Gasteiger partial charge in [0.2, 0.25) is 5.91 Å². The Kier molecular flexibility index (Phi) is 4.06. The SMILES string of the molecule is CN(CC(N)=O)c1ccc(C(=O)NC2CC2)cc1[N+](=O)[O-]. The standard InChI is InChI=1S/C13H16N4O4/c1-16(7-12(14)18)10-5-2-8(6-11(10)17(20)21)13(19)15-9-3-4-9/h2,5-6,9H,3-4,7H2,1H3,(H2,14,18)(H,15,19). The molecule has 8 nitrogen and oxygen atoms in total. The quantitative estimate of drug-likeness (QED) is 0.581. The third-order valence-corrected chi connectivity index (χ3v) is 3.15. The molecule has 1 fully saturated rings. The molecule has 0 aromatic heterocycles. The molecule has 0 unspecified atom stereocenters. The fourth-order valence-corrected chi connectivity index (χ4v) is 1.95. The summed E-state index contributed by atoms with van der Waals surface area (Å²) in [6, 6.07) is 4.33. The largest absolute Gasteiger partial charge is 0.368 e. The Hall–Kier alpha value is -2.64. The summed E-state index contributed by atoms with van der Waals surface area (Å²) in [7, 11) is 1.52. The number of nitro benzene ring substituents is 1. The topological polar surface area (TPSA) is 119 Å². The summed E-state index contributed by atoms with van der Waals surface area (Å²) >= 11 is 0. The van der Waals surface area contributed by atoms with E-state index in [0.29, 0.717) is 0 Å². The molecule has 1 aliphatic carbocycles. The average Bonchev–Trinajstić information content (AvgIpc) is 3.21. The average molecular weight is 292 g/mol. The Labute approximate surface area is 121 Å². The molecule has 1 aromatic rings. The van der Waals surface area contributed by atoms with Gasteiger partial charge in [-0.05, 0) is 25.0 Å². The van der Waals surface area contributed by atoms with E-state index in [1.54, 1.807) is 0 Å². The maximum Gasteiger partial charge on any atom is 0.293 e. The van der Waals surface area contributed by atoms with Crippen molar-refractivity contribution >= 4 is 23.2 Å². The van der Waals surface area contributed by atoms with Crippen molar-refractivity contribution in [2.75, 3.05) is 18.5 Å². The minimum Gasteiger partial charge on any atom is -0.368 e. The van der Waals surface area contributed by atoms with Crippen LogP contribution in [-0.4, -0.2) is 36.4 Å². The monoisotopic (exact) mass is 292 g/mol. The van der Waals surface area contributed by atoms with Crippen LogP contribution in [0.3, 0.4) is 0 Å². The van der Waals surface area contributed by atoms with Gasteiger partial charge in [0.25, 0.3) is 11.6 Å². The Morgan fingerprint density at radius 1 is 1.48 bits per heavy atom. The molecule has 112 valence electrons. The number of hydrogen-bond acceptors (Lipinski definition) is 5. The molecule has 0 aliphatic heterocycles. The van der Waals surface area contributed by atoms with E-state index < -0.39 is 10.8 Å². The van der Waals surface area contributed by atoms with Crippen molar-refractivity contribution < 1.29 is 14.5 Å². The number of likely N-dealkylation sites (N-methyl/N-ethyl adjacent to an activating group) is 1. The zero-order chi connectivity index (χ0) is 15.6. The Bertz CT molecular complexity index is 598. The molecule has 0 atom stereocenters. The van der Waals surface area contributed by atoms with Crippen molar-refractivity contribution in [3.8, 4) is 0 Å². The van der Waals surface area contributed by atoms with Crippen LogP contribution in [0, 0.1) is 10.1 Å². The van der Waals surface area contributed by atoms with E-state index >= 15 is 0 Å². The number of anilines is 1. The number of nitrogens with zero attached hydrogens (tertiary/aromatic N) is 2. The first-order valence-electron chi connectivity index (χ1n) is 6.47. The highest BCUT2D eigenvalue weighted by Gasteiger charge is 2.26. The summed E-state index contributed by atoms with van der Waals surface area (Å²) in [5.41, 5.74) is 5.31. The van der Waals surface area contributed by atoms with Crippen LogP contribution in [0.15, 0.2) is 18.2 Å². The Morgan fingerprint density at radius 2 is 2.14 bits per heavy atom. The zero-order valence-electron chi connectivity index (χ0n) is 11.5. The van der Waals surface area contributed by atoms with Crippen molar-refractivity contribution in [1.29, 1.82) is 0 Å². The van der Waals surface area contributed by atoms with Crippen LogP contribution in [0.5, 0.6) is 0 Å². The number of benzene rings is 1. The lowest BCUT2D eigenvalue weighted by Crippen LogP contribution is -2.31. The van der Waals surface area contributed by atoms with Crippen molar-refractivity contribution in [3.05, 3.63) is 33.9 Å². The van der Waals surface area contributed by atoms with Gasteiger partial charge in [0.1, 0.15) is 5.69 Å². The van der Waals surface area contributed by atoms with Crippen LogP contribution in [0.2, 0.25) is 0 Å². The molecule has 2 rings (SSSR count). The number of carbonyl (C=O) groups excluding carboxylic acids is 2. The second-order valence-corrected chi connectivity index (χ2v) is 5.03. The first kappa shape index (κ1) is 14.8. The fraction of sp³-hybridized carbons (Fsp3) is 0.385. The number of nitrogens with one attached hydrogen (secondary N) is 1. The molecule has 0 saturated heterocycles.